The Labute approximate surface area is 109 Å². The SMILES string of the molecule is N#CC1CC(=O)N(c2cc(S(=O)(=O)O)ccc2O)C1. The van der Waals surface area contributed by atoms with Gasteiger partial charge in [-0.25, -0.2) is 0 Å². The maximum atomic E-state index is 11.7. The van der Waals surface area contributed by atoms with Crippen LogP contribution in [0.1, 0.15) is 6.42 Å². The van der Waals surface area contributed by atoms with E-state index in [1.165, 1.54) is 0 Å². The molecule has 7 nitrogen and oxygen atoms in total. The van der Waals surface area contributed by atoms with Crippen molar-refractivity contribution in [1.82, 2.24) is 0 Å². The number of amides is 1. The van der Waals surface area contributed by atoms with Gasteiger partial charge >= 0.3 is 0 Å². The van der Waals surface area contributed by atoms with Gasteiger partial charge in [0.05, 0.1) is 22.6 Å². The van der Waals surface area contributed by atoms with Crippen molar-refractivity contribution in [3.8, 4) is 11.8 Å². The molecule has 0 bridgehead atoms. The Morgan fingerprint density at radius 1 is 1.42 bits per heavy atom. The van der Waals surface area contributed by atoms with Gasteiger partial charge in [0.2, 0.25) is 5.91 Å². The number of aromatic hydroxyl groups is 1. The Morgan fingerprint density at radius 2 is 2.11 bits per heavy atom. The van der Waals surface area contributed by atoms with E-state index in [9.17, 15) is 18.3 Å². The van der Waals surface area contributed by atoms with Crippen molar-refractivity contribution < 1.29 is 22.9 Å². The molecule has 0 spiro atoms. The normalized spacial score (nSPS) is 19.5. The third-order valence-corrected chi connectivity index (χ3v) is 3.69. The van der Waals surface area contributed by atoms with E-state index < -0.39 is 20.9 Å². The molecule has 0 aliphatic carbocycles. The summed E-state index contributed by atoms with van der Waals surface area (Å²) in [6.07, 6.45) is 0.0199. The zero-order chi connectivity index (χ0) is 14.2. The molecule has 1 fully saturated rings. The van der Waals surface area contributed by atoms with E-state index in [0.717, 1.165) is 23.1 Å². The Hall–Kier alpha value is -2.11. The summed E-state index contributed by atoms with van der Waals surface area (Å²) < 4.78 is 31.0. The van der Waals surface area contributed by atoms with Gasteiger partial charge in [0, 0.05) is 13.0 Å². The van der Waals surface area contributed by atoms with E-state index in [2.05, 4.69) is 0 Å². The zero-order valence-electron chi connectivity index (χ0n) is 9.65. The molecule has 1 aliphatic rings. The highest BCUT2D eigenvalue weighted by Crippen LogP contribution is 2.34. The van der Waals surface area contributed by atoms with Gasteiger partial charge in [0.1, 0.15) is 5.75 Å². The van der Waals surface area contributed by atoms with Crippen molar-refractivity contribution in [2.75, 3.05) is 11.4 Å². The lowest BCUT2D eigenvalue weighted by atomic mass is 10.1. The van der Waals surface area contributed by atoms with Crippen LogP contribution >= 0.6 is 0 Å². The second-order valence-corrected chi connectivity index (χ2v) is 5.58. The van der Waals surface area contributed by atoms with Crippen molar-refractivity contribution in [3.63, 3.8) is 0 Å². The standard InChI is InChI=1S/C11H10N2O5S/c12-5-7-3-11(15)13(6-7)9-4-8(19(16,17)18)1-2-10(9)14/h1-2,4,7,14H,3,6H2,(H,16,17,18). The number of hydrogen-bond donors (Lipinski definition) is 2. The van der Waals surface area contributed by atoms with Crippen LogP contribution in [-0.2, 0) is 14.9 Å². The number of benzene rings is 1. The molecule has 19 heavy (non-hydrogen) atoms. The lowest BCUT2D eigenvalue weighted by Gasteiger charge is -2.17. The van der Waals surface area contributed by atoms with Crippen LogP contribution in [0.3, 0.4) is 0 Å². The number of carbonyl (C=O) groups is 1. The molecule has 1 unspecified atom stereocenters. The van der Waals surface area contributed by atoms with Crippen molar-refractivity contribution >= 4 is 21.7 Å². The molecule has 1 saturated heterocycles. The molecule has 1 atom stereocenters. The second kappa shape index (κ2) is 4.53. The van der Waals surface area contributed by atoms with Crippen LogP contribution in [0.2, 0.25) is 0 Å². The van der Waals surface area contributed by atoms with Crippen LogP contribution in [0.25, 0.3) is 0 Å². The monoisotopic (exact) mass is 282 g/mol. The number of carbonyl (C=O) groups excluding carboxylic acids is 1. The van der Waals surface area contributed by atoms with Crippen molar-refractivity contribution in [3.05, 3.63) is 18.2 Å². The van der Waals surface area contributed by atoms with Crippen molar-refractivity contribution in [2.45, 2.75) is 11.3 Å². The molecule has 100 valence electrons. The fourth-order valence-electron chi connectivity index (χ4n) is 1.91. The average Bonchev–Trinajstić information content (AvgIpc) is 2.69. The van der Waals surface area contributed by atoms with E-state index in [1.807, 2.05) is 6.07 Å². The largest absolute Gasteiger partial charge is 0.506 e. The molecule has 1 heterocycles. The highest BCUT2D eigenvalue weighted by molar-refractivity contribution is 7.85. The molecular formula is C11H10N2O5S. The Bertz CT molecular complexity index is 677. The first-order valence-corrected chi connectivity index (χ1v) is 6.77. The molecule has 0 radical (unpaired) electrons. The first kappa shape index (κ1) is 13.3. The Balaban J connectivity index is 2.46. The second-order valence-electron chi connectivity index (χ2n) is 4.16. The molecule has 2 N–H and O–H groups in total. The highest BCUT2D eigenvalue weighted by Gasteiger charge is 2.32. The van der Waals surface area contributed by atoms with Gasteiger partial charge in [-0.1, -0.05) is 0 Å². The Morgan fingerprint density at radius 3 is 2.63 bits per heavy atom. The van der Waals surface area contributed by atoms with Gasteiger partial charge in [0.25, 0.3) is 10.1 Å². The summed E-state index contributed by atoms with van der Waals surface area (Å²) in [5, 5.41) is 18.5. The number of phenols is 1. The van der Waals surface area contributed by atoms with Crippen LogP contribution in [0.15, 0.2) is 23.1 Å². The molecule has 8 heteroatoms. The summed E-state index contributed by atoms with van der Waals surface area (Å²) in [5.41, 5.74) is -0.0297. The van der Waals surface area contributed by atoms with E-state index in [0.29, 0.717) is 0 Å². The van der Waals surface area contributed by atoms with E-state index >= 15 is 0 Å². The summed E-state index contributed by atoms with van der Waals surface area (Å²) in [4.78, 5) is 12.4. The molecule has 1 aromatic rings. The van der Waals surface area contributed by atoms with Gasteiger partial charge in [-0.2, -0.15) is 13.7 Å². The fraction of sp³-hybridized carbons (Fsp3) is 0.273. The van der Waals surface area contributed by atoms with Crippen molar-refractivity contribution in [2.24, 2.45) is 5.92 Å². The third kappa shape index (κ3) is 2.52. The molecule has 1 aromatic carbocycles. The number of rotatable bonds is 2. The average molecular weight is 282 g/mol. The summed E-state index contributed by atoms with van der Waals surface area (Å²) >= 11 is 0. The molecule has 1 aliphatic heterocycles. The van der Waals surface area contributed by atoms with Gasteiger partial charge in [0.15, 0.2) is 0 Å². The Kier molecular flexibility index (Phi) is 3.18. The lowest BCUT2D eigenvalue weighted by molar-refractivity contribution is -0.117. The van der Waals surface area contributed by atoms with E-state index in [4.69, 9.17) is 9.81 Å². The third-order valence-electron chi connectivity index (χ3n) is 2.84. The van der Waals surface area contributed by atoms with Gasteiger partial charge in [-0.3, -0.25) is 9.35 Å². The minimum Gasteiger partial charge on any atom is -0.506 e. The smallest absolute Gasteiger partial charge is 0.294 e. The number of anilines is 1. The van der Waals surface area contributed by atoms with Crippen LogP contribution in [0.5, 0.6) is 5.75 Å². The van der Waals surface area contributed by atoms with Crippen LogP contribution in [-0.4, -0.2) is 30.5 Å². The summed E-state index contributed by atoms with van der Waals surface area (Å²) in [5.74, 6) is -1.17. The number of nitrogens with zero attached hydrogens (tertiary/aromatic N) is 2. The van der Waals surface area contributed by atoms with Crippen LogP contribution in [0, 0.1) is 17.2 Å². The first-order chi connectivity index (χ1) is 8.82. The maximum Gasteiger partial charge on any atom is 0.294 e. The molecule has 1 amide bonds. The first-order valence-electron chi connectivity index (χ1n) is 5.33. The lowest BCUT2D eigenvalue weighted by Crippen LogP contribution is -2.24. The van der Waals surface area contributed by atoms with Gasteiger partial charge in [-0.15, -0.1) is 0 Å². The minimum absolute atomic E-state index is 0.0199. The molecule has 2 rings (SSSR count). The maximum absolute atomic E-state index is 11.7. The minimum atomic E-state index is -4.42. The van der Waals surface area contributed by atoms with E-state index in [-0.39, 0.29) is 30.3 Å². The zero-order valence-corrected chi connectivity index (χ0v) is 10.5. The van der Waals surface area contributed by atoms with Crippen LogP contribution in [0.4, 0.5) is 5.69 Å². The molecule has 0 aromatic heterocycles. The molecule has 0 saturated carbocycles. The van der Waals surface area contributed by atoms with Crippen LogP contribution < -0.4 is 4.90 Å². The summed E-state index contributed by atoms with van der Waals surface area (Å²) in [7, 11) is -4.42. The quantitative estimate of drug-likeness (QED) is 0.763. The topological polar surface area (TPSA) is 119 Å². The fourth-order valence-corrected chi connectivity index (χ4v) is 2.41. The number of hydrogen-bond acceptors (Lipinski definition) is 5. The predicted octanol–water partition coefficient (Wildman–Crippen LogP) is 0.515. The summed E-state index contributed by atoms with van der Waals surface area (Å²) in [6.45, 7) is 0.0812. The van der Waals surface area contributed by atoms with E-state index in [1.54, 1.807) is 0 Å². The molecular weight excluding hydrogens is 272 g/mol. The number of phenolic OH excluding ortho intramolecular Hbond substituents is 1. The van der Waals surface area contributed by atoms with Gasteiger partial charge in [-0.05, 0) is 18.2 Å². The summed E-state index contributed by atoms with van der Waals surface area (Å²) in [6, 6.07) is 5.05. The van der Waals surface area contributed by atoms with Crippen molar-refractivity contribution in [1.29, 1.82) is 5.26 Å². The predicted molar refractivity (Wildman–Crippen MR) is 64.0 cm³/mol. The number of nitriles is 1. The van der Waals surface area contributed by atoms with Gasteiger partial charge < -0.3 is 10.0 Å². The highest BCUT2D eigenvalue weighted by atomic mass is 32.2.